The fourth-order valence-electron chi connectivity index (χ4n) is 2.49. The van der Waals surface area contributed by atoms with Gasteiger partial charge < -0.3 is 19.6 Å². The Balaban J connectivity index is 1.69. The van der Waals surface area contributed by atoms with Crippen molar-refractivity contribution in [3.05, 3.63) is 41.4 Å². The van der Waals surface area contributed by atoms with E-state index < -0.39 is 5.91 Å². The highest BCUT2D eigenvalue weighted by Gasteiger charge is 2.23. The molecule has 3 rings (SSSR count). The molecule has 130 valence electrons. The van der Waals surface area contributed by atoms with Crippen LogP contribution in [0.2, 0.25) is 0 Å². The van der Waals surface area contributed by atoms with Crippen molar-refractivity contribution in [2.45, 2.75) is 6.92 Å². The van der Waals surface area contributed by atoms with E-state index in [1.54, 1.807) is 22.8 Å². The van der Waals surface area contributed by atoms with Crippen LogP contribution < -0.4 is 5.32 Å². The zero-order valence-corrected chi connectivity index (χ0v) is 13.6. The van der Waals surface area contributed by atoms with Crippen LogP contribution in [0.3, 0.4) is 0 Å². The monoisotopic (exact) mass is 343 g/mol. The predicted molar refractivity (Wildman–Crippen MR) is 87.0 cm³/mol. The quantitative estimate of drug-likeness (QED) is 0.812. The molecule has 25 heavy (non-hydrogen) atoms. The fourth-order valence-corrected chi connectivity index (χ4v) is 2.49. The van der Waals surface area contributed by atoms with Gasteiger partial charge in [-0.3, -0.25) is 19.4 Å². The van der Waals surface area contributed by atoms with E-state index in [2.05, 4.69) is 15.5 Å². The number of hydrogen-bond acceptors (Lipinski definition) is 6. The van der Waals surface area contributed by atoms with Gasteiger partial charge in [-0.05, 0) is 19.1 Å². The molecule has 2 aromatic rings. The highest BCUT2D eigenvalue weighted by atomic mass is 16.5. The first-order valence-electron chi connectivity index (χ1n) is 7.76. The summed E-state index contributed by atoms with van der Waals surface area (Å²) in [5, 5.41) is 6.29. The highest BCUT2D eigenvalue weighted by molar-refractivity contribution is 6.05. The molecule has 9 heteroatoms. The molecule has 1 N–H and O–H groups in total. The lowest BCUT2D eigenvalue weighted by Gasteiger charge is -2.32. The number of piperazine rings is 1. The maximum absolute atomic E-state index is 12.5. The number of rotatable bonds is 4. The van der Waals surface area contributed by atoms with Crippen LogP contribution in [0.15, 0.2) is 28.9 Å². The Labute approximate surface area is 143 Å². The van der Waals surface area contributed by atoms with Gasteiger partial charge in [0.15, 0.2) is 5.82 Å². The first-order valence-corrected chi connectivity index (χ1v) is 7.76. The lowest BCUT2D eigenvalue weighted by Crippen LogP contribution is -2.48. The Morgan fingerprint density at radius 1 is 1.24 bits per heavy atom. The number of aromatic nitrogens is 2. The summed E-state index contributed by atoms with van der Waals surface area (Å²) in [4.78, 5) is 42.8. The molecule has 0 saturated carbocycles. The first-order chi connectivity index (χ1) is 12.1. The first kappa shape index (κ1) is 16.6. The Morgan fingerprint density at radius 2 is 2.00 bits per heavy atom. The van der Waals surface area contributed by atoms with Crippen molar-refractivity contribution in [3.63, 3.8) is 0 Å². The fraction of sp³-hybridized carbons (Fsp3) is 0.312. The summed E-state index contributed by atoms with van der Waals surface area (Å²) in [7, 11) is 0. The minimum atomic E-state index is -0.407. The van der Waals surface area contributed by atoms with Crippen LogP contribution in [-0.4, -0.2) is 64.3 Å². The molecule has 0 aliphatic carbocycles. The molecule has 0 unspecified atom stereocenters. The van der Waals surface area contributed by atoms with Gasteiger partial charge in [0, 0.05) is 44.0 Å². The van der Waals surface area contributed by atoms with E-state index >= 15 is 0 Å². The van der Waals surface area contributed by atoms with Crippen LogP contribution in [0.5, 0.6) is 0 Å². The molecule has 0 spiro atoms. The highest BCUT2D eigenvalue weighted by Crippen LogP contribution is 2.12. The largest absolute Gasteiger partial charge is 0.360 e. The Hall–Kier alpha value is -3.23. The van der Waals surface area contributed by atoms with Gasteiger partial charge in [-0.25, -0.2) is 0 Å². The maximum Gasteiger partial charge on any atom is 0.272 e. The Morgan fingerprint density at radius 3 is 2.64 bits per heavy atom. The third kappa shape index (κ3) is 3.82. The number of amides is 3. The van der Waals surface area contributed by atoms with Crippen LogP contribution in [-0.2, 0) is 4.79 Å². The Bertz CT molecular complexity index is 795. The molecule has 0 aromatic carbocycles. The van der Waals surface area contributed by atoms with Crippen molar-refractivity contribution in [1.82, 2.24) is 19.9 Å². The molecule has 3 amide bonds. The average molecular weight is 343 g/mol. The zero-order valence-electron chi connectivity index (χ0n) is 13.6. The van der Waals surface area contributed by atoms with Crippen LogP contribution >= 0.6 is 0 Å². The second-order valence-corrected chi connectivity index (χ2v) is 5.64. The van der Waals surface area contributed by atoms with Gasteiger partial charge in [0.2, 0.25) is 6.41 Å². The van der Waals surface area contributed by atoms with E-state index in [1.807, 2.05) is 0 Å². The molecular weight excluding hydrogens is 326 g/mol. The summed E-state index contributed by atoms with van der Waals surface area (Å²) < 4.78 is 4.89. The second-order valence-electron chi connectivity index (χ2n) is 5.64. The molecule has 1 saturated heterocycles. The number of carbonyl (C=O) groups excluding carboxylic acids is 3. The molecule has 1 aliphatic rings. The Kier molecular flexibility index (Phi) is 4.73. The van der Waals surface area contributed by atoms with Gasteiger partial charge in [-0.2, -0.15) is 0 Å². The number of nitrogens with zero attached hydrogens (tertiary/aromatic N) is 4. The number of aryl methyl sites for hydroxylation is 1. The van der Waals surface area contributed by atoms with Gasteiger partial charge in [-0.1, -0.05) is 5.16 Å². The van der Waals surface area contributed by atoms with Crippen LogP contribution in [0.25, 0.3) is 0 Å². The minimum Gasteiger partial charge on any atom is -0.360 e. The third-order valence-corrected chi connectivity index (χ3v) is 3.86. The molecule has 9 nitrogen and oxygen atoms in total. The van der Waals surface area contributed by atoms with Crippen LogP contribution in [0.1, 0.15) is 26.6 Å². The maximum atomic E-state index is 12.5. The molecule has 1 fully saturated rings. The summed E-state index contributed by atoms with van der Waals surface area (Å²) in [6, 6.07) is 4.55. The van der Waals surface area contributed by atoms with Crippen molar-refractivity contribution in [2.24, 2.45) is 0 Å². The van der Waals surface area contributed by atoms with E-state index in [1.165, 1.54) is 18.3 Å². The summed E-state index contributed by atoms with van der Waals surface area (Å²) in [5.74, 6) is 0.209. The minimum absolute atomic E-state index is 0.184. The number of hydrogen-bond donors (Lipinski definition) is 1. The van der Waals surface area contributed by atoms with E-state index in [-0.39, 0.29) is 11.6 Å². The van der Waals surface area contributed by atoms with E-state index in [4.69, 9.17) is 4.52 Å². The second kappa shape index (κ2) is 7.12. The molecule has 0 radical (unpaired) electrons. The van der Waals surface area contributed by atoms with E-state index in [9.17, 15) is 14.4 Å². The van der Waals surface area contributed by atoms with Crippen molar-refractivity contribution >= 4 is 24.0 Å². The standard InChI is InChI=1S/C16H17N5O4/c1-11-8-14(19-25-11)18-15(23)12-2-3-17-13(9-12)16(24)21-6-4-20(10-22)5-7-21/h2-3,8-10H,4-7H2,1H3,(H,18,19,23). The summed E-state index contributed by atoms with van der Waals surface area (Å²) >= 11 is 0. The summed E-state index contributed by atoms with van der Waals surface area (Å²) in [6.07, 6.45) is 2.19. The number of pyridine rings is 1. The lowest BCUT2D eigenvalue weighted by atomic mass is 10.2. The van der Waals surface area contributed by atoms with Gasteiger partial charge in [0.1, 0.15) is 11.5 Å². The summed E-state index contributed by atoms with van der Waals surface area (Å²) in [5.41, 5.74) is 0.481. The van der Waals surface area contributed by atoms with Crippen molar-refractivity contribution in [1.29, 1.82) is 0 Å². The van der Waals surface area contributed by atoms with E-state index in [0.717, 1.165) is 6.41 Å². The number of nitrogens with one attached hydrogen (secondary N) is 1. The lowest BCUT2D eigenvalue weighted by molar-refractivity contribution is -0.119. The van der Waals surface area contributed by atoms with Crippen molar-refractivity contribution in [3.8, 4) is 0 Å². The van der Waals surface area contributed by atoms with Gasteiger partial charge >= 0.3 is 0 Å². The molecule has 3 heterocycles. The predicted octanol–water partition coefficient (Wildman–Crippen LogP) is 0.545. The number of anilines is 1. The molecule has 1 aliphatic heterocycles. The number of carbonyl (C=O) groups is 3. The van der Waals surface area contributed by atoms with Crippen molar-refractivity contribution < 1.29 is 18.9 Å². The van der Waals surface area contributed by atoms with Crippen LogP contribution in [0.4, 0.5) is 5.82 Å². The molecular formula is C16H17N5O4. The SMILES string of the molecule is Cc1cc(NC(=O)c2ccnc(C(=O)N3CCN(C=O)CC3)c2)no1. The van der Waals surface area contributed by atoms with Gasteiger partial charge in [0.05, 0.1) is 0 Å². The average Bonchev–Trinajstić information content (AvgIpc) is 3.06. The van der Waals surface area contributed by atoms with Crippen molar-refractivity contribution in [2.75, 3.05) is 31.5 Å². The smallest absolute Gasteiger partial charge is 0.272 e. The normalized spacial score (nSPS) is 14.3. The topological polar surface area (TPSA) is 109 Å². The molecule has 2 aromatic heterocycles. The van der Waals surface area contributed by atoms with Gasteiger partial charge in [0.25, 0.3) is 11.8 Å². The van der Waals surface area contributed by atoms with Gasteiger partial charge in [-0.15, -0.1) is 0 Å². The summed E-state index contributed by atoms with van der Waals surface area (Å²) in [6.45, 7) is 3.57. The zero-order chi connectivity index (χ0) is 17.8. The van der Waals surface area contributed by atoms with Crippen LogP contribution in [0, 0.1) is 6.92 Å². The molecule has 0 bridgehead atoms. The molecule has 0 atom stereocenters. The van der Waals surface area contributed by atoms with E-state index in [0.29, 0.717) is 43.3 Å². The third-order valence-electron chi connectivity index (χ3n) is 3.86.